The molecule has 0 bridgehead atoms. The Bertz CT molecular complexity index is 693. The Kier molecular flexibility index (Phi) is 3.96. The molecule has 2 rings (SSSR count). The average Bonchev–Trinajstić information content (AvgIpc) is 2.49. The number of anilines is 1. The standard InChI is InChI=1S/C15H11FN2O2/c1-20-14-8-12(5-6-13(14)16)18-15(19)11-4-2-3-10(7-11)9-17/h2-8H,1H3,(H,18,19). The van der Waals surface area contributed by atoms with E-state index < -0.39 is 5.82 Å². The van der Waals surface area contributed by atoms with Crippen molar-refractivity contribution in [3.8, 4) is 11.8 Å². The van der Waals surface area contributed by atoms with Crippen molar-refractivity contribution < 1.29 is 13.9 Å². The summed E-state index contributed by atoms with van der Waals surface area (Å²) in [5.41, 5.74) is 1.16. The lowest BCUT2D eigenvalue weighted by molar-refractivity contribution is 0.102. The van der Waals surface area contributed by atoms with Crippen LogP contribution in [0.3, 0.4) is 0 Å². The molecular weight excluding hydrogens is 259 g/mol. The van der Waals surface area contributed by atoms with Gasteiger partial charge in [-0.05, 0) is 30.3 Å². The lowest BCUT2D eigenvalue weighted by Crippen LogP contribution is -2.12. The van der Waals surface area contributed by atoms with Gasteiger partial charge in [0.25, 0.3) is 5.91 Å². The van der Waals surface area contributed by atoms with E-state index >= 15 is 0 Å². The van der Waals surface area contributed by atoms with Crippen molar-refractivity contribution in [2.24, 2.45) is 0 Å². The van der Waals surface area contributed by atoms with Crippen LogP contribution >= 0.6 is 0 Å². The summed E-state index contributed by atoms with van der Waals surface area (Å²) in [6.45, 7) is 0. The van der Waals surface area contributed by atoms with Gasteiger partial charge in [0.1, 0.15) is 0 Å². The molecule has 100 valence electrons. The molecule has 0 radical (unpaired) electrons. The Hall–Kier alpha value is -2.87. The number of carbonyl (C=O) groups is 1. The van der Waals surface area contributed by atoms with Gasteiger partial charge in [0.05, 0.1) is 18.7 Å². The highest BCUT2D eigenvalue weighted by Crippen LogP contribution is 2.22. The van der Waals surface area contributed by atoms with E-state index in [0.29, 0.717) is 16.8 Å². The number of nitrogens with one attached hydrogen (secondary N) is 1. The second-order valence-electron chi connectivity index (χ2n) is 4.00. The van der Waals surface area contributed by atoms with Crippen molar-refractivity contribution in [3.05, 3.63) is 59.4 Å². The van der Waals surface area contributed by atoms with Gasteiger partial charge in [-0.25, -0.2) is 4.39 Å². The molecule has 0 spiro atoms. The third-order valence-electron chi connectivity index (χ3n) is 2.66. The topological polar surface area (TPSA) is 62.1 Å². The molecule has 2 aromatic carbocycles. The van der Waals surface area contributed by atoms with E-state index in [1.807, 2.05) is 6.07 Å². The quantitative estimate of drug-likeness (QED) is 0.932. The number of hydrogen-bond donors (Lipinski definition) is 1. The summed E-state index contributed by atoms with van der Waals surface area (Å²) >= 11 is 0. The molecule has 0 atom stereocenters. The fraction of sp³-hybridized carbons (Fsp3) is 0.0667. The normalized spacial score (nSPS) is 9.65. The average molecular weight is 270 g/mol. The highest BCUT2D eigenvalue weighted by atomic mass is 19.1. The molecule has 1 amide bonds. The number of rotatable bonds is 3. The molecular formula is C15H11FN2O2. The molecule has 0 saturated heterocycles. The maximum absolute atomic E-state index is 13.3. The van der Waals surface area contributed by atoms with Gasteiger partial charge in [-0.15, -0.1) is 0 Å². The van der Waals surface area contributed by atoms with E-state index in [9.17, 15) is 9.18 Å². The first kappa shape index (κ1) is 13.6. The lowest BCUT2D eigenvalue weighted by Gasteiger charge is -2.08. The molecule has 0 unspecified atom stereocenters. The number of ether oxygens (including phenoxy) is 1. The Morgan fingerprint density at radius 2 is 2.10 bits per heavy atom. The Balaban J connectivity index is 2.21. The van der Waals surface area contributed by atoms with Gasteiger partial charge >= 0.3 is 0 Å². The summed E-state index contributed by atoms with van der Waals surface area (Å²) in [4.78, 5) is 12.0. The van der Waals surface area contributed by atoms with Crippen molar-refractivity contribution in [3.63, 3.8) is 0 Å². The molecule has 0 aliphatic rings. The fourth-order valence-corrected chi connectivity index (χ4v) is 1.67. The van der Waals surface area contributed by atoms with Crippen molar-refractivity contribution in [1.29, 1.82) is 5.26 Å². The van der Waals surface area contributed by atoms with Crippen molar-refractivity contribution in [2.45, 2.75) is 0 Å². The summed E-state index contributed by atoms with van der Waals surface area (Å²) < 4.78 is 18.1. The predicted molar refractivity (Wildman–Crippen MR) is 72.1 cm³/mol. The minimum absolute atomic E-state index is 0.0496. The van der Waals surface area contributed by atoms with Crippen LogP contribution in [0.2, 0.25) is 0 Å². The van der Waals surface area contributed by atoms with Crippen LogP contribution in [0.4, 0.5) is 10.1 Å². The second-order valence-corrected chi connectivity index (χ2v) is 4.00. The first-order chi connectivity index (χ1) is 9.63. The minimum Gasteiger partial charge on any atom is -0.494 e. The molecule has 0 saturated carbocycles. The zero-order valence-corrected chi connectivity index (χ0v) is 10.7. The number of amides is 1. The third kappa shape index (κ3) is 2.93. The predicted octanol–water partition coefficient (Wildman–Crippen LogP) is 2.96. The summed E-state index contributed by atoms with van der Waals surface area (Å²) in [5, 5.41) is 11.4. The zero-order valence-electron chi connectivity index (χ0n) is 10.7. The molecule has 20 heavy (non-hydrogen) atoms. The largest absolute Gasteiger partial charge is 0.494 e. The van der Waals surface area contributed by atoms with Gasteiger partial charge in [0.15, 0.2) is 11.6 Å². The smallest absolute Gasteiger partial charge is 0.255 e. The number of hydrogen-bond acceptors (Lipinski definition) is 3. The van der Waals surface area contributed by atoms with Crippen LogP contribution in [0.1, 0.15) is 15.9 Å². The van der Waals surface area contributed by atoms with E-state index in [1.165, 1.54) is 31.4 Å². The van der Waals surface area contributed by atoms with Gasteiger partial charge in [-0.1, -0.05) is 6.07 Å². The van der Waals surface area contributed by atoms with Crippen LogP contribution in [0.15, 0.2) is 42.5 Å². The molecule has 0 heterocycles. The zero-order chi connectivity index (χ0) is 14.5. The fourth-order valence-electron chi connectivity index (χ4n) is 1.67. The Morgan fingerprint density at radius 3 is 2.80 bits per heavy atom. The van der Waals surface area contributed by atoms with Gasteiger partial charge in [0.2, 0.25) is 0 Å². The van der Waals surface area contributed by atoms with Crippen LogP contribution in [0, 0.1) is 17.1 Å². The third-order valence-corrected chi connectivity index (χ3v) is 2.66. The van der Waals surface area contributed by atoms with Gasteiger partial charge in [-0.2, -0.15) is 5.26 Å². The minimum atomic E-state index is -0.503. The van der Waals surface area contributed by atoms with E-state index in [-0.39, 0.29) is 11.7 Å². The summed E-state index contributed by atoms with van der Waals surface area (Å²) in [7, 11) is 1.35. The molecule has 5 heteroatoms. The van der Waals surface area contributed by atoms with Crippen molar-refractivity contribution in [2.75, 3.05) is 12.4 Å². The highest BCUT2D eigenvalue weighted by Gasteiger charge is 2.09. The molecule has 0 fully saturated rings. The second kappa shape index (κ2) is 5.85. The van der Waals surface area contributed by atoms with Crippen LogP contribution in [0.5, 0.6) is 5.75 Å². The van der Waals surface area contributed by atoms with Crippen LogP contribution in [-0.4, -0.2) is 13.0 Å². The summed E-state index contributed by atoms with van der Waals surface area (Å²) in [6, 6.07) is 12.3. The van der Waals surface area contributed by atoms with Gasteiger partial charge in [0, 0.05) is 17.3 Å². The Morgan fingerprint density at radius 1 is 1.30 bits per heavy atom. The number of methoxy groups -OCH3 is 1. The van der Waals surface area contributed by atoms with Gasteiger partial charge in [-0.3, -0.25) is 4.79 Å². The van der Waals surface area contributed by atoms with E-state index in [1.54, 1.807) is 18.2 Å². The van der Waals surface area contributed by atoms with Crippen molar-refractivity contribution >= 4 is 11.6 Å². The number of carbonyl (C=O) groups excluding carboxylic acids is 1. The number of nitrogens with zero attached hydrogens (tertiary/aromatic N) is 1. The number of halogens is 1. The van der Waals surface area contributed by atoms with E-state index in [2.05, 4.69) is 5.32 Å². The lowest BCUT2D eigenvalue weighted by atomic mass is 10.1. The van der Waals surface area contributed by atoms with E-state index in [4.69, 9.17) is 10.00 Å². The maximum atomic E-state index is 13.3. The highest BCUT2D eigenvalue weighted by molar-refractivity contribution is 6.04. The SMILES string of the molecule is COc1cc(NC(=O)c2cccc(C#N)c2)ccc1F. The number of nitriles is 1. The summed E-state index contributed by atoms with van der Waals surface area (Å²) in [6.07, 6.45) is 0. The van der Waals surface area contributed by atoms with E-state index in [0.717, 1.165) is 0 Å². The summed E-state index contributed by atoms with van der Waals surface area (Å²) in [5.74, 6) is -0.832. The molecule has 0 aromatic heterocycles. The molecule has 2 aromatic rings. The maximum Gasteiger partial charge on any atom is 0.255 e. The monoisotopic (exact) mass is 270 g/mol. The first-order valence-corrected chi connectivity index (χ1v) is 5.79. The van der Waals surface area contributed by atoms with Crippen molar-refractivity contribution in [1.82, 2.24) is 0 Å². The van der Waals surface area contributed by atoms with Crippen LogP contribution in [-0.2, 0) is 0 Å². The number of benzene rings is 2. The molecule has 4 nitrogen and oxygen atoms in total. The van der Waals surface area contributed by atoms with Gasteiger partial charge < -0.3 is 10.1 Å². The van der Waals surface area contributed by atoms with Crippen LogP contribution < -0.4 is 10.1 Å². The van der Waals surface area contributed by atoms with Crippen LogP contribution in [0.25, 0.3) is 0 Å². The molecule has 0 aliphatic heterocycles. The molecule has 0 aliphatic carbocycles. The Labute approximate surface area is 115 Å². The molecule has 1 N–H and O–H groups in total. The first-order valence-electron chi connectivity index (χ1n) is 5.79.